The minimum atomic E-state index is -0.468. The van der Waals surface area contributed by atoms with Gasteiger partial charge in [0.1, 0.15) is 0 Å². The van der Waals surface area contributed by atoms with Crippen LogP contribution >= 0.6 is 0 Å². The van der Waals surface area contributed by atoms with Gasteiger partial charge in [-0.2, -0.15) is 0 Å². The van der Waals surface area contributed by atoms with E-state index in [0.717, 1.165) is 31.5 Å². The lowest BCUT2D eigenvalue weighted by atomic mass is 10.0. The van der Waals surface area contributed by atoms with Crippen molar-refractivity contribution in [3.8, 4) is 0 Å². The molecule has 1 heterocycles. The van der Waals surface area contributed by atoms with Crippen molar-refractivity contribution in [3.05, 3.63) is 71.8 Å². The van der Waals surface area contributed by atoms with Crippen LogP contribution in [0.1, 0.15) is 24.0 Å². The number of benzene rings is 2. The second-order valence-corrected chi connectivity index (χ2v) is 6.62. The van der Waals surface area contributed by atoms with Crippen molar-refractivity contribution in [1.29, 1.82) is 0 Å². The second-order valence-electron chi connectivity index (χ2n) is 6.62. The number of ether oxygens (including phenoxy) is 1. The molecule has 0 saturated carbocycles. The number of hydrogen-bond donors (Lipinski definition) is 1. The fourth-order valence-electron chi connectivity index (χ4n) is 3.22. The third-order valence-electron chi connectivity index (χ3n) is 4.70. The lowest BCUT2D eigenvalue weighted by Crippen LogP contribution is -2.49. The largest absolute Gasteiger partial charge is 0.373 e. The van der Waals surface area contributed by atoms with Crippen LogP contribution in [-0.4, -0.2) is 36.0 Å². The number of amides is 1. The van der Waals surface area contributed by atoms with Crippen LogP contribution in [0.4, 0.5) is 0 Å². The molecule has 25 heavy (non-hydrogen) atoms. The summed E-state index contributed by atoms with van der Waals surface area (Å²) in [5.74, 6) is 0.0466. The Labute approximate surface area is 149 Å². The monoisotopic (exact) mass is 338 g/mol. The molecule has 0 radical (unpaired) electrons. The third-order valence-corrected chi connectivity index (χ3v) is 4.70. The van der Waals surface area contributed by atoms with Gasteiger partial charge in [-0.05, 0) is 30.4 Å². The molecule has 0 spiro atoms. The summed E-state index contributed by atoms with van der Waals surface area (Å²) in [4.78, 5) is 14.4. The quantitative estimate of drug-likeness (QED) is 0.881. The van der Waals surface area contributed by atoms with Crippen molar-refractivity contribution in [2.24, 2.45) is 5.73 Å². The van der Waals surface area contributed by atoms with Crippen molar-refractivity contribution in [2.75, 3.05) is 13.1 Å². The number of nitrogens with two attached hydrogens (primary N) is 1. The van der Waals surface area contributed by atoms with Gasteiger partial charge < -0.3 is 15.4 Å². The topological polar surface area (TPSA) is 55.6 Å². The number of rotatable bonds is 6. The van der Waals surface area contributed by atoms with Gasteiger partial charge in [0, 0.05) is 13.1 Å². The summed E-state index contributed by atoms with van der Waals surface area (Å²) < 4.78 is 5.98. The molecule has 1 atom stereocenters. The van der Waals surface area contributed by atoms with Gasteiger partial charge in [-0.1, -0.05) is 60.7 Å². The molecular weight excluding hydrogens is 312 g/mol. The Balaban J connectivity index is 1.42. The van der Waals surface area contributed by atoms with Gasteiger partial charge in [0.25, 0.3) is 0 Å². The van der Waals surface area contributed by atoms with E-state index in [1.54, 1.807) is 0 Å². The van der Waals surface area contributed by atoms with Gasteiger partial charge in [-0.15, -0.1) is 0 Å². The van der Waals surface area contributed by atoms with Gasteiger partial charge in [0.15, 0.2) is 0 Å². The Kier molecular flexibility index (Phi) is 6.20. The van der Waals surface area contributed by atoms with E-state index in [1.807, 2.05) is 53.4 Å². The maximum Gasteiger partial charge on any atom is 0.239 e. The highest BCUT2D eigenvalue weighted by atomic mass is 16.5. The molecule has 1 aliphatic heterocycles. The highest BCUT2D eigenvalue weighted by molar-refractivity contribution is 5.82. The summed E-state index contributed by atoms with van der Waals surface area (Å²) in [6, 6.07) is 19.7. The highest BCUT2D eigenvalue weighted by Crippen LogP contribution is 2.17. The molecule has 2 N–H and O–H groups in total. The van der Waals surface area contributed by atoms with Crippen LogP contribution in [0, 0.1) is 0 Å². The molecule has 2 aromatic carbocycles. The first-order valence-corrected chi connectivity index (χ1v) is 8.96. The molecule has 0 bridgehead atoms. The van der Waals surface area contributed by atoms with Gasteiger partial charge >= 0.3 is 0 Å². The second kappa shape index (κ2) is 8.79. The van der Waals surface area contributed by atoms with E-state index < -0.39 is 6.04 Å². The lowest BCUT2D eigenvalue weighted by molar-refractivity contribution is -0.135. The molecule has 1 fully saturated rings. The smallest absolute Gasteiger partial charge is 0.239 e. The van der Waals surface area contributed by atoms with E-state index >= 15 is 0 Å². The number of likely N-dealkylation sites (tertiary alicyclic amines) is 1. The molecule has 4 heteroatoms. The maximum atomic E-state index is 12.5. The summed E-state index contributed by atoms with van der Waals surface area (Å²) >= 11 is 0. The normalized spacial score (nSPS) is 16.6. The van der Waals surface area contributed by atoms with E-state index in [4.69, 9.17) is 10.5 Å². The van der Waals surface area contributed by atoms with Crippen molar-refractivity contribution in [2.45, 2.75) is 38.0 Å². The van der Waals surface area contributed by atoms with Crippen LogP contribution < -0.4 is 5.73 Å². The molecule has 0 unspecified atom stereocenters. The fraction of sp³-hybridized carbons (Fsp3) is 0.381. The number of piperidine rings is 1. The first-order valence-electron chi connectivity index (χ1n) is 8.96. The molecule has 3 rings (SSSR count). The number of nitrogens with zero attached hydrogens (tertiary/aromatic N) is 1. The minimum absolute atomic E-state index is 0.0466. The molecule has 1 saturated heterocycles. The lowest BCUT2D eigenvalue weighted by Gasteiger charge is -2.33. The first kappa shape index (κ1) is 17.6. The molecular formula is C21H26N2O2. The number of carbonyl (C=O) groups excluding carboxylic acids is 1. The fourth-order valence-corrected chi connectivity index (χ4v) is 3.22. The van der Waals surface area contributed by atoms with Gasteiger partial charge in [-0.25, -0.2) is 0 Å². The maximum absolute atomic E-state index is 12.5. The van der Waals surface area contributed by atoms with Crippen LogP contribution in [0.2, 0.25) is 0 Å². The van der Waals surface area contributed by atoms with E-state index in [9.17, 15) is 4.79 Å². The average molecular weight is 338 g/mol. The zero-order valence-electron chi connectivity index (χ0n) is 14.5. The first-order chi connectivity index (χ1) is 12.2. The van der Waals surface area contributed by atoms with Crippen LogP contribution in [-0.2, 0) is 22.6 Å². The molecule has 0 aromatic heterocycles. The predicted molar refractivity (Wildman–Crippen MR) is 99.0 cm³/mol. The summed E-state index contributed by atoms with van der Waals surface area (Å²) in [5.41, 5.74) is 8.41. The van der Waals surface area contributed by atoms with Crippen LogP contribution in [0.3, 0.4) is 0 Å². The SMILES string of the molecule is N[C@@H](Cc1ccccc1)C(=O)N1CCC(OCc2ccccc2)CC1. The summed E-state index contributed by atoms with van der Waals surface area (Å²) in [5, 5.41) is 0. The van der Waals surface area contributed by atoms with E-state index in [2.05, 4.69) is 12.1 Å². The Bertz CT molecular complexity index is 652. The zero-order chi connectivity index (χ0) is 17.5. The van der Waals surface area contributed by atoms with Crippen molar-refractivity contribution < 1.29 is 9.53 Å². The molecule has 1 aliphatic rings. The molecule has 4 nitrogen and oxygen atoms in total. The Morgan fingerprint density at radius 2 is 1.56 bits per heavy atom. The molecule has 1 amide bonds. The number of hydrogen-bond acceptors (Lipinski definition) is 3. The van der Waals surface area contributed by atoms with Gasteiger partial charge in [0.05, 0.1) is 18.8 Å². The van der Waals surface area contributed by atoms with Crippen LogP contribution in [0.5, 0.6) is 0 Å². The Hall–Kier alpha value is -2.17. The number of carbonyl (C=O) groups is 1. The van der Waals surface area contributed by atoms with Crippen molar-refractivity contribution in [1.82, 2.24) is 4.90 Å². The molecule has 132 valence electrons. The van der Waals surface area contributed by atoms with Gasteiger partial charge in [-0.3, -0.25) is 4.79 Å². The van der Waals surface area contributed by atoms with Gasteiger partial charge in [0.2, 0.25) is 5.91 Å². The summed E-state index contributed by atoms with van der Waals surface area (Å²) in [6.07, 6.45) is 2.55. The zero-order valence-corrected chi connectivity index (χ0v) is 14.5. The van der Waals surface area contributed by atoms with E-state index in [-0.39, 0.29) is 12.0 Å². The van der Waals surface area contributed by atoms with Crippen LogP contribution in [0.15, 0.2) is 60.7 Å². The molecule has 0 aliphatic carbocycles. The average Bonchev–Trinajstić information content (AvgIpc) is 2.68. The highest BCUT2D eigenvalue weighted by Gasteiger charge is 2.26. The summed E-state index contributed by atoms with van der Waals surface area (Å²) in [6.45, 7) is 2.08. The van der Waals surface area contributed by atoms with E-state index in [1.165, 1.54) is 5.56 Å². The summed E-state index contributed by atoms with van der Waals surface area (Å²) in [7, 11) is 0. The Morgan fingerprint density at radius 3 is 2.16 bits per heavy atom. The van der Waals surface area contributed by atoms with Crippen LogP contribution in [0.25, 0.3) is 0 Å². The standard InChI is InChI=1S/C21H26N2O2/c22-20(15-17-7-3-1-4-8-17)21(24)23-13-11-19(12-14-23)25-16-18-9-5-2-6-10-18/h1-10,19-20H,11-16,22H2/t20-/m0/s1. The molecule has 2 aromatic rings. The third kappa shape index (κ3) is 5.15. The van der Waals surface area contributed by atoms with Crippen molar-refractivity contribution in [3.63, 3.8) is 0 Å². The van der Waals surface area contributed by atoms with E-state index in [0.29, 0.717) is 13.0 Å². The minimum Gasteiger partial charge on any atom is -0.373 e. The van der Waals surface area contributed by atoms with Crippen molar-refractivity contribution >= 4 is 5.91 Å². The Morgan fingerprint density at radius 1 is 1.00 bits per heavy atom. The predicted octanol–water partition coefficient (Wildman–Crippen LogP) is 2.76.